The summed E-state index contributed by atoms with van der Waals surface area (Å²) < 4.78 is 0. The third-order valence-electron chi connectivity index (χ3n) is 4.96. The predicted octanol–water partition coefficient (Wildman–Crippen LogP) is 4.79. The highest BCUT2D eigenvalue weighted by Gasteiger charge is 2.34. The SMILES string of the molecule is CC[C@@H](c1ccccc1)[C@@H]1CCCN1C(=O)c1cccc(C)c1. The fourth-order valence-electron chi connectivity index (χ4n) is 3.84. The topological polar surface area (TPSA) is 20.3 Å². The van der Waals surface area contributed by atoms with E-state index in [0.29, 0.717) is 12.0 Å². The Morgan fingerprint density at radius 2 is 1.96 bits per heavy atom. The number of carbonyl (C=O) groups is 1. The van der Waals surface area contributed by atoms with Crippen molar-refractivity contribution in [3.05, 3.63) is 71.3 Å². The van der Waals surface area contributed by atoms with Crippen molar-refractivity contribution in [2.45, 2.75) is 45.1 Å². The molecule has 1 amide bonds. The molecule has 0 spiro atoms. The lowest BCUT2D eigenvalue weighted by atomic mass is 9.87. The number of hydrogen-bond acceptors (Lipinski definition) is 1. The van der Waals surface area contributed by atoms with Crippen molar-refractivity contribution in [3.63, 3.8) is 0 Å². The standard InChI is InChI=1S/C21H25NO/c1-3-19(17-10-5-4-6-11-17)20-13-8-14-22(20)21(23)18-12-7-9-16(2)15-18/h4-7,9-12,15,19-20H,3,8,13-14H2,1-2H3/t19-,20-/m0/s1. The van der Waals surface area contributed by atoms with Crippen molar-refractivity contribution in [1.29, 1.82) is 0 Å². The number of amides is 1. The van der Waals surface area contributed by atoms with Gasteiger partial charge in [-0.05, 0) is 43.9 Å². The monoisotopic (exact) mass is 307 g/mol. The van der Waals surface area contributed by atoms with Crippen molar-refractivity contribution in [3.8, 4) is 0 Å². The van der Waals surface area contributed by atoms with Gasteiger partial charge in [-0.1, -0.05) is 55.0 Å². The van der Waals surface area contributed by atoms with Crippen LogP contribution in [0.25, 0.3) is 0 Å². The Kier molecular flexibility index (Phi) is 4.80. The van der Waals surface area contributed by atoms with E-state index in [0.717, 1.165) is 36.9 Å². The van der Waals surface area contributed by atoms with Crippen LogP contribution in [0.15, 0.2) is 54.6 Å². The lowest BCUT2D eigenvalue weighted by Gasteiger charge is -2.32. The van der Waals surface area contributed by atoms with Gasteiger partial charge in [-0.3, -0.25) is 4.79 Å². The second-order valence-corrected chi connectivity index (χ2v) is 6.50. The summed E-state index contributed by atoms with van der Waals surface area (Å²) in [6.45, 7) is 5.14. The van der Waals surface area contributed by atoms with Gasteiger partial charge in [-0.2, -0.15) is 0 Å². The highest BCUT2D eigenvalue weighted by atomic mass is 16.2. The minimum absolute atomic E-state index is 0.186. The van der Waals surface area contributed by atoms with Gasteiger partial charge in [-0.15, -0.1) is 0 Å². The maximum atomic E-state index is 13.0. The third kappa shape index (κ3) is 3.31. The number of aryl methyl sites for hydroxylation is 1. The first-order valence-corrected chi connectivity index (χ1v) is 8.63. The van der Waals surface area contributed by atoms with E-state index in [-0.39, 0.29) is 5.91 Å². The first-order valence-electron chi connectivity index (χ1n) is 8.63. The summed E-state index contributed by atoms with van der Waals surface area (Å²) in [5, 5.41) is 0. The number of carbonyl (C=O) groups excluding carboxylic acids is 1. The molecule has 1 heterocycles. The maximum absolute atomic E-state index is 13.0. The molecule has 2 aromatic rings. The first-order chi connectivity index (χ1) is 11.2. The average molecular weight is 307 g/mol. The second kappa shape index (κ2) is 6.99. The predicted molar refractivity (Wildman–Crippen MR) is 94.7 cm³/mol. The molecule has 0 aliphatic carbocycles. The Hall–Kier alpha value is -2.09. The molecule has 0 N–H and O–H groups in total. The molecule has 1 fully saturated rings. The fraction of sp³-hybridized carbons (Fsp3) is 0.381. The van der Waals surface area contributed by atoms with Crippen LogP contribution < -0.4 is 0 Å². The van der Waals surface area contributed by atoms with Crippen LogP contribution in [0, 0.1) is 6.92 Å². The summed E-state index contributed by atoms with van der Waals surface area (Å²) in [7, 11) is 0. The van der Waals surface area contributed by atoms with Crippen molar-refractivity contribution in [2.75, 3.05) is 6.54 Å². The zero-order chi connectivity index (χ0) is 16.2. The molecule has 0 aromatic heterocycles. The second-order valence-electron chi connectivity index (χ2n) is 6.50. The van der Waals surface area contributed by atoms with Gasteiger partial charge in [0.25, 0.3) is 5.91 Å². The van der Waals surface area contributed by atoms with E-state index in [1.54, 1.807) is 0 Å². The van der Waals surface area contributed by atoms with Crippen LogP contribution in [-0.2, 0) is 0 Å². The van der Waals surface area contributed by atoms with Gasteiger partial charge in [0, 0.05) is 24.1 Å². The molecule has 1 saturated heterocycles. The quantitative estimate of drug-likeness (QED) is 0.795. The van der Waals surface area contributed by atoms with Crippen molar-refractivity contribution in [1.82, 2.24) is 4.90 Å². The highest BCUT2D eigenvalue weighted by Crippen LogP contribution is 2.34. The van der Waals surface area contributed by atoms with Gasteiger partial charge in [-0.25, -0.2) is 0 Å². The summed E-state index contributed by atoms with van der Waals surface area (Å²) >= 11 is 0. The van der Waals surface area contributed by atoms with E-state index in [1.807, 2.05) is 31.2 Å². The van der Waals surface area contributed by atoms with E-state index >= 15 is 0 Å². The zero-order valence-electron chi connectivity index (χ0n) is 14.0. The molecular formula is C21H25NO. The maximum Gasteiger partial charge on any atom is 0.254 e. The largest absolute Gasteiger partial charge is 0.335 e. The van der Waals surface area contributed by atoms with Crippen molar-refractivity contribution < 1.29 is 4.79 Å². The smallest absolute Gasteiger partial charge is 0.254 e. The molecule has 1 aliphatic rings. The van der Waals surface area contributed by atoms with E-state index in [2.05, 4.69) is 42.2 Å². The molecule has 0 radical (unpaired) electrons. The van der Waals surface area contributed by atoms with Crippen LogP contribution >= 0.6 is 0 Å². The van der Waals surface area contributed by atoms with Gasteiger partial charge in [0.2, 0.25) is 0 Å². The van der Waals surface area contributed by atoms with Crippen LogP contribution in [0.3, 0.4) is 0 Å². The molecule has 2 nitrogen and oxygen atoms in total. The summed E-state index contributed by atoms with van der Waals surface area (Å²) in [6.07, 6.45) is 3.27. The molecule has 120 valence electrons. The number of nitrogens with zero attached hydrogens (tertiary/aromatic N) is 1. The lowest BCUT2D eigenvalue weighted by molar-refractivity contribution is 0.0714. The summed E-state index contributed by atoms with van der Waals surface area (Å²) in [5.41, 5.74) is 3.31. The Morgan fingerprint density at radius 3 is 2.65 bits per heavy atom. The minimum Gasteiger partial charge on any atom is -0.335 e. The average Bonchev–Trinajstić information content (AvgIpc) is 3.05. The Balaban J connectivity index is 1.86. The van der Waals surface area contributed by atoms with Gasteiger partial charge < -0.3 is 4.90 Å². The summed E-state index contributed by atoms with van der Waals surface area (Å²) in [6, 6.07) is 18.9. The number of rotatable bonds is 4. The third-order valence-corrected chi connectivity index (χ3v) is 4.96. The molecule has 2 atom stereocenters. The van der Waals surface area contributed by atoms with E-state index in [9.17, 15) is 4.79 Å². The number of benzene rings is 2. The fourth-order valence-corrected chi connectivity index (χ4v) is 3.84. The molecule has 2 heteroatoms. The van der Waals surface area contributed by atoms with Crippen LogP contribution in [-0.4, -0.2) is 23.4 Å². The molecular weight excluding hydrogens is 282 g/mol. The van der Waals surface area contributed by atoms with E-state index < -0.39 is 0 Å². The van der Waals surface area contributed by atoms with Gasteiger partial charge >= 0.3 is 0 Å². The number of hydrogen-bond donors (Lipinski definition) is 0. The molecule has 0 bridgehead atoms. The first kappa shape index (κ1) is 15.8. The lowest BCUT2D eigenvalue weighted by Crippen LogP contribution is -2.39. The molecule has 3 rings (SSSR count). The van der Waals surface area contributed by atoms with E-state index in [1.165, 1.54) is 5.56 Å². The molecule has 0 saturated carbocycles. The van der Waals surface area contributed by atoms with Gasteiger partial charge in [0.1, 0.15) is 0 Å². The normalized spacial score (nSPS) is 18.9. The highest BCUT2D eigenvalue weighted by molar-refractivity contribution is 5.94. The van der Waals surface area contributed by atoms with Gasteiger partial charge in [0.05, 0.1) is 0 Å². The van der Waals surface area contributed by atoms with Crippen LogP contribution in [0.1, 0.15) is 53.6 Å². The molecule has 0 unspecified atom stereocenters. The Labute approximate surface area is 139 Å². The Bertz CT molecular complexity index is 665. The van der Waals surface area contributed by atoms with Gasteiger partial charge in [0.15, 0.2) is 0 Å². The minimum atomic E-state index is 0.186. The van der Waals surface area contributed by atoms with Crippen LogP contribution in [0.5, 0.6) is 0 Å². The molecule has 23 heavy (non-hydrogen) atoms. The van der Waals surface area contributed by atoms with Crippen molar-refractivity contribution >= 4 is 5.91 Å². The summed E-state index contributed by atoms with van der Waals surface area (Å²) in [4.78, 5) is 15.1. The Morgan fingerprint density at radius 1 is 1.17 bits per heavy atom. The summed E-state index contributed by atoms with van der Waals surface area (Å²) in [5.74, 6) is 0.609. The molecule has 1 aliphatic heterocycles. The van der Waals surface area contributed by atoms with Crippen LogP contribution in [0.4, 0.5) is 0 Å². The van der Waals surface area contributed by atoms with Crippen LogP contribution in [0.2, 0.25) is 0 Å². The zero-order valence-corrected chi connectivity index (χ0v) is 14.0. The van der Waals surface area contributed by atoms with Crippen molar-refractivity contribution in [2.24, 2.45) is 0 Å². The molecule has 2 aromatic carbocycles. The van der Waals surface area contributed by atoms with E-state index in [4.69, 9.17) is 0 Å². The number of likely N-dealkylation sites (tertiary alicyclic amines) is 1.